The molecule has 5 rings (SSSR count). The minimum atomic E-state index is -1.22. The molecule has 0 aromatic carbocycles. The number of hydrogen-bond donors (Lipinski definition) is 4. The number of carboxylic acid groups (broad SMARTS) is 1. The van der Waals surface area contributed by atoms with Gasteiger partial charge in [-0.25, -0.2) is 9.80 Å². The number of oxime groups is 1. The number of amidine groups is 1. The number of nitrogens with two attached hydrogens (primary N) is 2. The number of carbonyl (C=O) groups is 3. The number of aromatic nitrogens is 2. The van der Waals surface area contributed by atoms with Crippen molar-refractivity contribution >= 4 is 57.8 Å². The van der Waals surface area contributed by atoms with Crippen LogP contribution in [0.4, 0.5) is 5.13 Å². The van der Waals surface area contributed by atoms with Crippen molar-refractivity contribution in [3.8, 4) is 0 Å². The van der Waals surface area contributed by atoms with Crippen molar-refractivity contribution in [3.63, 3.8) is 0 Å². The van der Waals surface area contributed by atoms with Gasteiger partial charge in [0.25, 0.3) is 11.8 Å². The number of carbonyl (C=O) groups excluding carboxylic acids is 2. The molecule has 0 radical (unpaired) electrons. The summed E-state index contributed by atoms with van der Waals surface area (Å²) < 4.78 is 3.98. The van der Waals surface area contributed by atoms with Crippen molar-refractivity contribution in [3.05, 3.63) is 41.4 Å². The van der Waals surface area contributed by atoms with E-state index in [1.54, 1.807) is 24.3 Å². The number of amides is 2. The van der Waals surface area contributed by atoms with Gasteiger partial charge >= 0.3 is 5.97 Å². The second-order valence-corrected chi connectivity index (χ2v) is 9.95. The van der Waals surface area contributed by atoms with Gasteiger partial charge in [0.2, 0.25) is 11.5 Å². The highest BCUT2D eigenvalue weighted by Crippen LogP contribution is 2.41. The van der Waals surface area contributed by atoms with E-state index in [1.165, 1.54) is 16.7 Å². The summed E-state index contributed by atoms with van der Waals surface area (Å²) in [7, 11) is 0. The third-order valence-electron chi connectivity index (χ3n) is 5.70. The third-order valence-corrected chi connectivity index (χ3v) is 7.58. The Morgan fingerprint density at radius 2 is 2.16 bits per heavy atom. The lowest BCUT2D eigenvalue weighted by Crippen LogP contribution is -2.71. The molecule has 194 valence electrons. The van der Waals surface area contributed by atoms with Gasteiger partial charge in [0.05, 0.1) is 0 Å². The quantitative estimate of drug-likeness (QED) is 0.180. The maximum Gasteiger partial charge on any atom is 0.352 e. The first-order valence-electron chi connectivity index (χ1n) is 11.1. The van der Waals surface area contributed by atoms with Gasteiger partial charge in [0, 0.05) is 42.7 Å². The summed E-state index contributed by atoms with van der Waals surface area (Å²) in [4.78, 5) is 50.3. The molecule has 0 saturated carbocycles. The minimum Gasteiger partial charge on any atom is -0.477 e. The predicted octanol–water partition coefficient (Wildman–Crippen LogP) is -0.794. The molecule has 37 heavy (non-hydrogen) atoms. The summed E-state index contributed by atoms with van der Waals surface area (Å²) in [5.74, 6) is -0.958. The van der Waals surface area contributed by atoms with Gasteiger partial charge in [-0.1, -0.05) is 5.16 Å². The van der Waals surface area contributed by atoms with Crippen LogP contribution in [0, 0.1) is 0 Å². The highest BCUT2D eigenvalue weighted by molar-refractivity contribution is 8.00. The lowest BCUT2D eigenvalue weighted by Gasteiger charge is -2.49. The maximum atomic E-state index is 13.1. The average Bonchev–Trinajstić information content (AvgIpc) is 3.47. The van der Waals surface area contributed by atoms with Crippen molar-refractivity contribution in [2.45, 2.75) is 24.8 Å². The lowest BCUT2D eigenvalue weighted by atomic mass is 10.0. The number of hydrazone groups is 1. The second-order valence-electron chi connectivity index (χ2n) is 8.06. The molecule has 0 unspecified atom stereocenters. The number of fused-ring (bicyclic) bond motifs is 2. The smallest absolute Gasteiger partial charge is 0.352 e. The molecule has 0 bridgehead atoms. The van der Waals surface area contributed by atoms with E-state index in [-0.39, 0.29) is 35.5 Å². The number of hydrogen-bond acceptors (Lipinski definition) is 14. The molecule has 0 spiro atoms. The molecular weight excluding hydrogens is 524 g/mol. The molecule has 1 aromatic heterocycles. The number of carboxylic acids is 1. The number of nitrogens with one attached hydrogen (secondary N) is 1. The minimum absolute atomic E-state index is 0.0300. The second kappa shape index (κ2) is 9.74. The first kappa shape index (κ1) is 24.6. The standard InChI is InChI=1S/C20H22N10O5S2/c1-2-35-26-12(15-24-20(22)37-27-15)16(31)23-13-17(32)30-14(19(33)34)9(8-36-18(13)30)7-28-5-6-29-11(28)4-3-10(21)25-29/h4-6,13,18H,2-3,7-8H2,1H3,(H2,21,25)(H,23,31)(H,33,34)(H2,22,24,27)/t13-,18+/m1/s1. The highest BCUT2D eigenvalue weighted by atomic mass is 32.2. The topological polar surface area (TPSA) is 205 Å². The Balaban J connectivity index is 1.32. The van der Waals surface area contributed by atoms with Gasteiger partial charge in [-0.15, -0.1) is 11.8 Å². The predicted molar refractivity (Wildman–Crippen MR) is 134 cm³/mol. The van der Waals surface area contributed by atoms with Crippen molar-refractivity contribution in [2.75, 3.05) is 24.6 Å². The van der Waals surface area contributed by atoms with Crippen molar-refractivity contribution < 1.29 is 24.3 Å². The van der Waals surface area contributed by atoms with Crippen molar-refractivity contribution in [1.82, 2.24) is 29.5 Å². The normalized spacial score (nSPS) is 22.8. The van der Waals surface area contributed by atoms with Gasteiger partial charge < -0.3 is 31.6 Å². The summed E-state index contributed by atoms with van der Waals surface area (Å²) in [6, 6.07) is -0.961. The average molecular weight is 547 g/mol. The number of β-lactam (4-membered cyclic amide) rings is 1. The Kier molecular flexibility index (Phi) is 6.46. The number of rotatable bonds is 8. The third kappa shape index (κ3) is 4.46. The van der Waals surface area contributed by atoms with Crippen LogP contribution in [0.1, 0.15) is 19.2 Å². The van der Waals surface area contributed by atoms with Crippen molar-refractivity contribution in [2.24, 2.45) is 16.0 Å². The fraction of sp³-hybridized carbons (Fsp3) is 0.350. The SMILES string of the molecule is CCON=C(C(=O)N[C@@H]1C(=O)N2C(C(=O)O)=C(CN3C=CN4N=C(N)CC=C34)CS[C@@H]12)c1nsc(N)n1. The van der Waals surface area contributed by atoms with Gasteiger partial charge in [-0.2, -0.15) is 14.5 Å². The van der Waals surface area contributed by atoms with Crippen LogP contribution >= 0.6 is 23.3 Å². The fourth-order valence-corrected chi connectivity index (χ4v) is 5.87. The molecule has 0 aliphatic carbocycles. The van der Waals surface area contributed by atoms with Crippen molar-refractivity contribution in [1.29, 1.82) is 0 Å². The fourth-order valence-electron chi connectivity index (χ4n) is 4.10. The van der Waals surface area contributed by atoms with Crippen LogP contribution in [0.5, 0.6) is 0 Å². The van der Waals surface area contributed by atoms with E-state index in [2.05, 4.69) is 24.9 Å². The number of anilines is 1. The Hall–Kier alpha value is -4.12. The number of thioether (sulfide) groups is 1. The Morgan fingerprint density at radius 1 is 1.35 bits per heavy atom. The van der Waals surface area contributed by atoms with Crippen LogP contribution in [-0.4, -0.2) is 88.9 Å². The molecule has 5 heterocycles. The molecule has 1 aromatic rings. The Morgan fingerprint density at radius 3 is 2.86 bits per heavy atom. The van der Waals surface area contributed by atoms with Crippen LogP contribution < -0.4 is 16.8 Å². The first-order chi connectivity index (χ1) is 17.8. The van der Waals surface area contributed by atoms with Crippen LogP contribution in [-0.2, 0) is 19.2 Å². The van der Waals surface area contributed by atoms with E-state index >= 15 is 0 Å². The van der Waals surface area contributed by atoms with Crippen LogP contribution in [0.15, 0.2) is 45.8 Å². The molecule has 17 heteroatoms. The molecule has 4 aliphatic rings. The Bertz CT molecular complexity index is 1320. The summed E-state index contributed by atoms with van der Waals surface area (Å²) in [5.41, 5.74) is 11.6. The maximum absolute atomic E-state index is 13.1. The van der Waals surface area contributed by atoms with E-state index in [0.29, 0.717) is 23.6 Å². The van der Waals surface area contributed by atoms with E-state index in [9.17, 15) is 19.5 Å². The molecule has 15 nitrogen and oxygen atoms in total. The summed E-state index contributed by atoms with van der Waals surface area (Å²) in [6.45, 7) is 2.13. The van der Waals surface area contributed by atoms with Crippen LogP contribution in [0.2, 0.25) is 0 Å². The molecule has 1 fully saturated rings. The summed E-state index contributed by atoms with van der Waals surface area (Å²) in [5, 5.41) is 21.8. The van der Waals surface area contributed by atoms with Gasteiger partial charge in [-0.3, -0.25) is 14.5 Å². The van der Waals surface area contributed by atoms with Gasteiger partial charge in [-0.05, 0) is 18.6 Å². The molecular formula is C20H22N10O5S2. The van der Waals surface area contributed by atoms with Crippen LogP contribution in [0.3, 0.4) is 0 Å². The van der Waals surface area contributed by atoms with E-state index < -0.39 is 29.2 Å². The summed E-state index contributed by atoms with van der Waals surface area (Å²) in [6.07, 6.45) is 5.88. The van der Waals surface area contributed by atoms with E-state index in [0.717, 1.165) is 17.4 Å². The van der Waals surface area contributed by atoms with Gasteiger partial charge in [0.15, 0.2) is 5.13 Å². The zero-order valence-corrected chi connectivity index (χ0v) is 21.0. The largest absolute Gasteiger partial charge is 0.477 e. The molecule has 6 N–H and O–H groups in total. The lowest BCUT2D eigenvalue weighted by molar-refractivity contribution is -0.150. The number of aliphatic carboxylic acids is 1. The highest BCUT2D eigenvalue weighted by Gasteiger charge is 2.54. The molecule has 2 atom stereocenters. The Labute approximate surface area is 218 Å². The molecule has 1 saturated heterocycles. The zero-order chi connectivity index (χ0) is 26.3. The molecule has 2 amide bonds. The van der Waals surface area contributed by atoms with Gasteiger partial charge in [0.1, 0.15) is 35.4 Å². The van der Waals surface area contributed by atoms with E-state index in [4.69, 9.17) is 16.3 Å². The molecule has 4 aliphatic heterocycles. The monoisotopic (exact) mass is 546 g/mol. The number of nitrogens with zero attached hydrogens (tertiary/aromatic N) is 7. The van der Waals surface area contributed by atoms with E-state index in [1.807, 2.05) is 11.0 Å². The summed E-state index contributed by atoms with van der Waals surface area (Å²) >= 11 is 2.24. The first-order valence-corrected chi connectivity index (χ1v) is 12.9. The number of nitrogen functional groups attached to an aromatic ring is 1. The zero-order valence-electron chi connectivity index (χ0n) is 19.4. The van der Waals surface area contributed by atoms with Crippen LogP contribution in [0.25, 0.3) is 0 Å².